The maximum absolute atomic E-state index is 5.63. The molecule has 0 amide bonds. The second-order valence-electron chi connectivity index (χ2n) is 5.92. The third-order valence-corrected chi connectivity index (χ3v) is 3.67. The summed E-state index contributed by atoms with van der Waals surface area (Å²) in [5, 5.41) is 3.45. The highest BCUT2D eigenvalue weighted by molar-refractivity contribution is 9.10. The van der Waals surface area contributed by atoms with Gasteiger partial charge in [-0.25, -0.2) is 0 Å². The van der Waals surface area contributed by atoms with Gasteiger partial charge in [-0.15, -0.1) is 0 Å². The second kappa shape index (κ2) is 10.3. The Bertz CT molecular complexity index is 408. The Morgan fingerprint density at radius 2 is 1.90 bits per heavy atom. The predicted molar refractivity (Wildman–Crippen MR) is 91.4 cm³/mol. The molecule has 0 atom stereocenters. The van der Waals surface area contributed by atoms with E-state index in [1.807, 2.05) is 13.8 Å². The van der Waals surface area contributed by atoms with Crippen molar-refractivity contribution in [2.45, 2.75) is 47.0 Å². The Labute approximate surface area is 137 Å². The zero-order valence-corrected chi connectivity index (χ0v) is 15.2. The SMILES string of the molecule is CC(C)CNCc1ccc(COCCOC(C)C)c(Br)c1. The predicted octanol–water partition coefficient (Wildman–Crippen LogP) is 4.14. The normalized spacial score (nSPS) is 11.6. The van der Waals surface area contributed by atoms with Crippen molar-refractivity contribution >= 4 is 15.9 Å². The summed E-state index contributed by atoms with van der Waals surface area (Å²) in [7, 11) is 0. The maximum Gasteiger partial charge on any atom is 0.0728 e. The second-order valence-corrected chi connectivity index (χ2v) is 6.78. The van der Waals surface area contributed by atoms with Gasteiger partial charge in [0.25, 0.3) is 0 Å². The summed E-state index contributed by atoms with van der Waals surface area (Å²) in [5.74, 6) is 0.675. The van der Waals surface area contributed by atoms with Crippen molar-refractivity contribution in [3.8, 4) is 0 Å². The van der Waals surface area contributed by atoms with Crippen molar-refractivity contribution in [2.24, 2.45) is 5.92 Å². The molecule has 0 aliphatic heterocycles. The zero-order valence-electron chi connectivity index (χ0n) is 13.6. The first kappa shape index (κ1) is 18.6. The van der Waals surface area contributed by atoms with Crippen LogP contribution in [0.25, 0.3) is 0 Å². The summed E-state index contributed by atoms with van der Waals surface area (Å²) in [5.41, 5.74) is 2.46. The fourth-order valence-electron chi connectivity index (χ4n) is 1.85. The number of nitrogens with one attached hydrogen (secondary N) is 1. The first-order chi connectivity index (χ1) is 9.99. The molecule has 1 aromatic rings. The van der Waals surface area contributed by atoms with Gasteiger partial charge in [0.1, 0.15) is 0 Å². The highest BCUT2D eigenvalue weighted by Gasteiger charge is 2.03. The Kier molecular flexibility index (Phi) is 9.16. The number of halogens is 1. The van der Waals surface area contributed by atoms with Crippen LogP contribution in [0.2, 0.25) is 0 Å². The molecule has 120 valence electrons. The molecule has 0 spiro atoms. The molecule has 1 N–H and O–H groups in total. The van der Waals surface area contributed by atoms with Crippen LogP contribution in [0.5, 0.6) is 0 Å². The van der Waals surface area contributed by atoms with Crippen LogP contribution in [0.15, 0.2) is 22.7 Å². The first-order valence-corrected chi connectivity index (χ1v) is 8.45. The molecule has 0 heterocycles. The zero-order chi connectivity index (χ0) is 15.7. The highest BCUT2D eigenvalue weighted by atomic mass is 79.9. The van der Waals surface area contributed by atoms with E-state index in [9.17, 15) is 0 Å². The third kappa shape index (κ3) is 8.57. The largest absolute Gasteiger partial charge is 0.376 e. The molecule has 0 saturated heterocycles. The number of ether oxygens (including phenoxy) is 2. The van der Waals surface area contributed by atoms with Crippen LogP contribution >= 0.6 is 15.9 Å². The fraction of sp³-hybridized carbons (Fsp3) is 0.647. The van der Waals surface area contributed by atoms with Crippen molar-refractivity contribution < 1.29 is 9.47 Å². The average Bonchev–Trinajstić information content (AvgIpc) is 2.39. The van der Waals surface area contributed by atoms with Gasteiger partial charge in [0.15, 0.2) is 0 Å². The first-order valence-electron chi connectivity index (χ1n) is 7.66. The summed E-state index contributed by atoms with van der Waals surface area (Å²) >= 11 is 3.62. The number of rotatable bonds is 10. The van der Waals surface area contributed by atoms with Gasteiger partial charge in [-0.3, -0.25) is 0 Å². The minimum Gasteiger partial charge on any atom is -0.376 e. The van der Waals surface area contributed by atoms with E-state index in [0.717, 1.165) is 17.6 Å². The lowest BCUT2D eigenvalue weighted by molar-refractivity contribution is 0.0142. The summed E-state index contributed by atoms with van der Waals surface area (Å²) in [6, 6.07) is 6.44. The molecule has 0 bridgehead atoms. The molecular formula is C17H28BrNO2. The molecule has 0 aromatic heterocycles. The van der Waals surface area contributed by atoms with Gasteiger partial charge in [-0.2, -0.15) is 0 Å². The van der Waals surface area contributed by atoms with Crippen LogP contribution in [-0.4, -0.2) is 25.9 Å². The monoisotopic (exact) mass is 357 g/mol. The van der Waals surface area contributed by atoms with E-state index < -0.39 is 0 Å². The highest BCUT2D eigenvalue weighted by Crippen LogP contribution is 2.19. The van der Waals surface area contributed by atoms with Gasteiger partial charge in [-0.05, 0) is 43.5 Å². The van der Waals surface area contributed by atoms with Crippen molar-refractivity contribution in [2.75, 3.05) is 19.8 Å². The van der Waals surface area contributed by atoms with Gasteiger partial charge < -0.3 is 14.8 Å². The smallest absolute Gasteiger partial charge is 0.0728 e. The van der Waals surface area contributed by atoms with E-state index in [1.54, 1.807) is 0 Å². The summed E-state index contributed by atoms with van der Waals surface area (Å²) in [4.78, 5) is 0. The maximum atomic E-state index is 5.63. The molecule has 0 radical (unpaired) electrons. The standard InChI is InChI=1S/C17H28BrNO2/c1-13(2)10-19-11-15-5-6-16(17(18)9-15)12-20-7-8-21-14(3)4/h5-6,9,13-14,19H,7-8,10-12H2,1-4H3. The summed E-state index contributed by atoms with van der Waals surface area (Å²) in [6.45, 7) is 12.3. The number of benzene rings is 1. The fourth-order valence-corrected chi connectivity index (χ4v) is 2.39. The molecule has 21 heavy (non-hydrogen) atoms. The number of hydrogen-bond donors (Lipinski definition) is 1. The van der Waals surface area contributed by atoms with Crippen LogP contribution in [-0.2, 0) is 22.6 Å². The lowest BCUT2D eigenvalue weighted by Gasteiger charge is -2.11. The van der Waals surface area contributed by atoms with Crippen LogP contribution in [0.1, 0.15) is 38.8 Å². The van der Waals surface area contributed by atoms with Crippen molar-refractivity contribution in [3.05, 3.63) is 33.8 Å². The van der Waals surface area contributed by atoms with Crippen LogP contribution < -0.4 is 5.32 Å². The minimum atomic E-state index is 0.262. The Morgan fingerprint density at radius 3 is 2.52 bits per heavy atom. The summed E-state index contributed by atoms with van der Waals surface area (Å²) < 4.78 is 12.2. The van der Waals surface area contributed by atoms with Crippen LogP contribution in [0.3, 0.4) is 0 Å². The van der Waals surface area contributed by atoms with Gasteiger partial charge in [0.2, 0.25) is 0 Å². The Morgan fingerprint density at radius 1 is 1.14 bits per heavy atom. The molecule has 0 aliphatic carbocycles. The van der Waals surface area contributed by atoms with Gasteiger partial charge in [0.05, 0.1) is 25.9 Å². The van der Waals surface area contributed by atoms with Gasteiger partial charge >= 0.3 is 0 Å². The van der Waals surface area contributed by atoms with Crippen molar-refractivity contribution in [1.82, 2.24) is 5.32 Å². The van der Waals surface area contributed by atoms with Crippen molar-refractivity contribution in [3.63, 3.8) is 0 Å². The topological polar surface area (TPSA) is 30.5 Å². The minimum absolute atomic E-state index is 0.262. The molecule has 1 aromatic carbocycles. The van der Waals surface area contributed by atoms with Crippen LogP contribution in [0.4, 0.5) is 0 Å². The molecule has 0 saturated carbocycles. The van der Waals surface area contributed by atoms with E-state index in [-0.39, 0.29) is 6.10 Å². The van der Waals surface area contributed by atoms with Gasteiger partial charge in [-0.1, -0.05) is 41.9 Å². The van der Waals surface area contributed by atoms with E-state index in [1.165, 1.54) is 11.1 Å². The lowest BCUT2D eigenvalue weighted by atomic mass is 10.1. The van der Waals surface area contributed by atoms with E-state index in [0.29, 0.717) is 25.7 Å². The lowest BCUT2D eigenvalue weighted by Crippen LogP contribution is -2.18. The Hall–Kier alpha value is -0.420. The molecule has 1 rings (SSSR count). The average molecular weight is 358 g/mol. The van der Waals surface area contributed by atoms with E-state index >= 15 is 0 Å². The number of hydrogen-bond acceptors (Lipinski definition) is 3. The molecule has 4 heteroatoms. The van der Waals surface area contributed by atoms with E-state index in [2.05, 4.69) is 53.3 Å². The molecular weight excluding hydrogens is 330 g/mol. The van der Waals surface area contributed by atoms with Crippen LogP contribution in [0, 0.1) is 5.92 Å². The molecule has 0 fully saturated rings. The van der Waals surface area contributed by atoms with Crippen molar-refractivity contribution in [1.29, 1.82) is 0 Å². The Balaban J connectivity index is 2.33. The quantitative estimate of drug-likeness (QED) is 0.638. The molecule has 3 nitrogen and oxygen atoms in total. The van der Waals surface area contributed by atoms with E-state index in [4.69, 9.17) is 9.47 Å². The third-order valence-electron chi connectivity index (χ3n) is 2.94. The molecule has 0 unspecified atom stereocenters. The molecule has 0 aliphatic rings. The van der Waals surface area contributed by atoms with Gasteiger partial charge in [0, 0.05) is 11.0 Å². The summed E-state index contributed by atoms with van der Waals surface area (Å²) in [6.07, 6.45) is 0.262.